The second-order valence-corrected chi connectivity index (χ2v) is 3.02. The summed E-state index contributed by atoms with van der Waals surface area (Å²) in [5.74, 6) is 1.12. The van der Waals surface area contributed by atoms with Gasteiger partial charge in [-0.2, -0.15) is 15.2 Å². The Morgan fingerprint density at radius 2 is 2.31 bits per heavy atom. The quantitative estimate of drug-likeness (QED) is 0.819. The van der Waals surface area contributed by atoms with Crippen molar-refractivity contribution in [1.82, 2.24) is 20.2 Å². The van der Waals surface area contributed by atoms with Crippen LogP contribution in [0.1, 0.15) is 5.69 Å². The lowest BCUT2D eigenvalue weighted by Gasteiger charge is -2.05. The number of aromatic nitrogens is 4. The summed E-state index contributed by atoms with van der Waals surface area (Å²) in [5, 5.41) is 10.8. The van der Waals surface area contributed by atoms with E-state index in [0.717, 1.165) is 5.69 Å². The molecule has 6 nitrogen and oxygen atoms in total. The molecule has 0 saturated carbocycles. The fraction of sp³-hybridized carbons (Fsp3) is 0.200. The molecular weight excluding hydrogens is 206 g/mol. The lowest BCUT2D eigenvalue weighted by molar-refractivity contribution is 0.396. The molecule has 0 amide bonds. The zero-order chi connectivity index (χ0) is 11.2. The monoisotopic (exact) mass is 217 g/mol. The van der Waals surface area contributed by atoms with Gasteiger partial charge in [0.1, 0.15) is 5.82 Å². The van der Waals surface area contributed by atoms with Gasteiger partial charge in [0.2, 0.25) is 5.88 Å². The van der Waals surface area contributed by atoms with Crippen molar-refractivity contribution in [2.75, 3.05) is 12.4 Å². The highest BCUT2D eigenvalue weighted by Gasteiger charge is 1.98. The van der Waals surface area contributed by atoms with Gasteiger partial charge in [0.05, 0.1) is 31.7 Å². The molecule has 0 aliphatic carbocycles. The van der Waals surface area contributed by atoms with Crippen molar-refractivity contribution >= 4 is 5.82 Å². The zero-order valence-corrected chi connectivity index (χ0v) is 8.79. The van der Waals surface area contributed by atoms with E-state index in [0.29, 0.717) is 18.2 Å². The molecule has 6 heteroatoms. The highest BCUT2D eigenvalue weighted by Crippen LogP contribution is 2.08. The van der Waals surface area contributed by atoms with Crippen molar-refractivity contribution in [3.8, 4) is 5.88 Å². The van der Waals surface area contributed by atoms with Crippen LogP contribution in [-0.2, 0) is 6.54 Å². The molecule has 2 aromatic heterocycles. The number of nitrogens with zero attached hydrogens (tertiary/aromatic N) is 4. The van der Waals surface area contributed by atoms with Crippen LogP contribution >= 0.6 is 0 Å². The number of hydrogen-bond donors (Lipinski definition) is 1. The van der Waals surface area contributed by atoms with E-state index in [1.165, 1.54) is 0 Å². The van der Waals surface area contributed by atoms with E-state index in [4.69, 9.17) is 4.74 Å². The predicted molar refractivity (Wildman–Crippen MR) is 57.9 cm³/mol. The Labute approximate surface area is 92.7 Å². The number of nitrogens with one attached hydrogen (secondary N) is 1. The molecule has 2 heterocycles. The molecule has 2 rings (SSSR count). The highest BCUT2D eigenvalue weighted by molar-refractivity contribution is 5.33. The largest absolute Gasteiger partial charge is 0.480 e. The van der Waals surface area contributed by atoms with Gasteiger partial charge in [-0.1, -0.05) is 0 Å². The van der Waals surface area contributed by atoms with Crippen molar-refractivity contribution in [2.45, 2.75) is 6.54 Å². The molecule has 0 aromatic carbocycles. The Hall–Kier alpha value is -2.24. The maximum Gasteiger partial charge on any atom is 0.233 e. The van der Waals surface area contributed by atoms with Gasteiger partial charge < -0.3 is 10.1 Å². The molecule has 0 bridgehead atoms. The van der Waals surface area contributed by atoms with Gasteiger partial charge in [-0.05, 0) is 12.1 Å². The molecule has 0 aliphatic heterocycles. The summed E-state index contributed by atoms with van der Waals surface area (Å²) in [6.45, 7) is 0.551. The third kappa shape index (κ3) is 2.63. The second-order valence-electron chi connectivity index (χ2n) is 3.02. The van der Waals surface area contributed by atoms with E-state index in [2.05, 4.69) is 25.5 Å². The van der Waals surface area contributed by atoms with Crippen molar-refractivity contribution in [3.63, 3.8) is 0 Å². The number of anilines is 1. The molecule has 2 aromatic rings. The Morgan fingerprint density at radius 3 is 3.06 bits per heavy atom. The van der Waals surface area contributed by atoms with Crippen molar-refractivity contribution in [3.05, 3.63) is 36.4 Å². The maximum absolute atomic E-state index is 4.97. The first-order valence-electron chi connectivity index (χ1n) is 4.75. The summed E-state index contributed by atoms with van der Waals surface area (Å²) in [6, 6.07) is 3.72. The Balaban J connectivity index is 1.99. The van der Waals surface area contributed by atoms with E-state index in [9.17, 15) is 0 Å². The standard InChI is InChI=1S/C10H11N5O/c1-16-10-7-11-6-9(14-10)12-5-8-3-2-4-13-15-8/h2-4,6-7H,5H2,1H3,(H,12,14). The molecule has 0 aliphatic rings. The van der Waals surface area contributed by atoms with Crippen LogP contribution in [-0.4, -0.2) is 27.3 Å². The maximum atomic E-state index is 4.97. The molecule has 0 saturated heterocycles. The third-order valence-corrected chi connectivity index (χ3v) is 1.90. The minimum atomic E-state index is 0.476. The van der Waals surface area contributed by atoms with Gasteiger partial charge in [0.15, 0.2) is 0 Å². The fourth-order valence-electron chi connectivity index (χ4n) is 1.14. The normalized spacial score (nSPS) is 9.81. The number of hydrogen-bond acceptors (Lipinski definition) is 6. The van der Waals surface area contributed by atoms with Crippen molar-refractivity contribution < 1.29 is 4.74 Å². The van der Waals surface area contributed by atoms with Gasteiger partial charge in [-0.25, -0.2) is 0 Å². The Bertz CT molecular complexity index is 448. The molecule has 0 spiro atoms. The minimum absolute atomic E-state index is 0.476. The fourth-order valence-corrected chi connectivity index (χ4v) is 1.14. The van der Waals surface area contributed by atoms with Crippen molar-refractivity contribution in [2.24, 2.45) is 0 Å². The minimum Gasteiger partial charge on any atom is -0.480 e. The van der Waals surface area contributed by atoms with Crippen LogP contribution in [0, 0.1) is 0 Å². The van der Waals surface area contributed by atoms with Crippen LogP contribution in [0.2, 0.25) is 0 Å². The lowest BCUT2D eigenvalue weighted by Crippen LogP contribution is -2.04. The molecule has 0 unspecified atom stereocenters. The first-order valence-corrected chi connectivity index (χ1v) is 4.75. The first kappa shape index (κ1) is 10.3. The molecule has 16 heavy (non-hydrogen) atoms. The zero-order valence-electron chi connectivity index (χ0n) is 8.79. The first-order chi connectivity index (χ1) is 7.88. The average Bonchev–Trinajstić information content (AvgIpc) is 2.38. The smallest absolute Gasteiger partial charge is 0.233 e. The molecule has 82 valence electrons. The number of methoxy groups -OCH3 is 1. The summed E-state index contributed by atoms with van der Waals surface area (Å²) < 4.78 is 4.97. The van der Waals surface area contributed by atoms with E-state index in [1.807, 2.05) is 12.1 Å². The number of ether oxygens (including phenoxy) is 1. The highest BCUT2D eigenvalue weighted by atomic mass is 16.5. The van der Waals surface area contributed by atoms with Crippen LogP contribution < -0.4 is 10.1 Å². The van der Waals surface area contributed by atoms with Crippen LogP contribution in [0.5, 0.6) is 5.88 Å². The molecule has 0 radical (unpaired) electrons. The second kappa shape index (κ2) is 5.01. The summed E-state index contributed by atoms with van der Waals surface area (Å²) in [6.07, 6.45) is 4.81. The summed E-state index contributed by atoms with van der Waals surface area (Å²) in [5.41, 5.74) is 0.840. The summed E-state index contributed by atoms with van der Waals surface area (Å²) in [7, 11) is 1.55. The lowest BCUT2D eigenvalue weighted by atomic mass is 10.4. The van der Waals surface area contributed by atoms with Gasteiger partial charge >= 0.3 is 0 Å². The molecular formula is C10H11N5O. The summed E-state index contributed by atoms with van der Waals surface area (Å²) in [4.78, 5) is 8.14. The van der Waals surface area contributed by atoms with Crippen LogP contribution in [0.4, 0.5) is 5.82 Å². The average molecular weight is 217 g/mol. The molecule has 0 atom stereocenters. The third-order valence-electron chi connectivity index (χ3n) is 1.90. The topological polar surface area (TPSA) is 72.8 Å². The SMILES string of the molecule is COc1cncc(NCc2cccnn2)n1. The Morgan fingerprint density at radius 1 is 1.38 bits per heavy atom. The van der Waals surface area contributed by atoms with Gasteiger partial charge in [-0.3, -0.25) is 4.98 Å². The van der Waals surface area contributed by atoms with Crippen LogP contribution in [0.15, 0.2) is 30.7 Å². The van der Waals surface area contributed by atoms with E-state index in [-0.39, 0.29) is 0 Å². The van der Waals surface area contributed by atoms with Crippen LogP contribution in [0.25, 0.3) is 0 Å². The predicted octanol–water partition coefficient (Wildman–Crippen LogP) is 0.887. The number of rotatable bonds is 4. The van der Waals surface area contributed by atoms with E-state index < -0.39 is 0 Å². The van der Waals surface area contributed by atoms with Crippen LogP contribution in [0.3, 0.4) is 0 Å². The van der Waals surface area contributed by atoms with E-state index >= 15 is 0 Å². The van der Waals surface area contributed by atoms with Gasteiger partial charge in [0.25, 0.3) is 0 Å². The summed E-state index contributed by atoms with van der Waals surface area (Å²) >= 11 is 0. The van der Waals surface area contributed by atoms with E-state index in [1.54, 1.807) is 25.7 Å². The molecule has 1 N–H and O–H groups in total. The Kier molecular flexibility index (Phi) is 3.22. The van der Waals surface area contributed by atoms with Gasteiger partial charge in [-0.15, -0.1) is 0 Å². The van der Waals surface area contributed by atoms with Gasteiger partial charge in [0, 0.05) is 6.20 Å². The molecule has 0 fully saturated rings. The van der Waals surface area contributed by atoms with Crippen molar-refractivity contribution in [1.29, 1.82) is 0 Å².